The second kappa shape index (κ2) is 8.81. The topological polar surface area (TPSA) is 49.3 Å². The third-order valence-electron chi connectivity index (χ3n) is 4.94. The fourth-order valence-electron chi connectivity index (χ4n) is 3.25. The van der Waals surface area contributed by atoms with Crippen molar-refractivity contribution in [1.29, 1.82) is 5.26 Å². The second-order valence-electron chi connectivity index (χ2n) is 7.25. The monoisotopic (exact) mass is 444 g/mol. The summed E-state index contributed by atoms with van der Waals surface area (Å²) in [6, 6.07) is 23.4. The SMILES string of the molecule is Cc1ccc(-c2oc(N=Cc3ccc(Cl)cc3Cl)c(C#N)c2-c2ccc(C)cc2)cc1. The lowest BCUT2D eigenvalue weighted by Gasteiger charge is -2.05. The molecule has 0 aliphatic carbocycles. The van der Waals surface area contributed by atoms with Gasteiger partial charge < -0.3 is 4.42 Å². The van der Waals surface area contributed by atoms with Gasteiger partial charge >= 0.3 is 0 Å². The van der Waals surface area contributed by atoms with Crippen LogP contribution < -0.4 is 0 Å². The molecule has 0 aliphatic rings. The van der Waals surface area contributed by atoms with Crippen LogP contribution >= 0.6 is 23.2 Å². The summed E-state index contributed by atoms with van der Waals surface area (Å²) in [4.78, 5) is 4.46. The lowest BCUT2D eigenvalue weighted by Crippen LogP contribution is -1.85. The van der Waals surface area contributed by atoms with Crippen molar-refractivity contribution in [2.24, 2.45) is 4.99 Å². The van der Waals surface area contributed by atoms with Gasteiger partial charge in [-0.3, -0.25) is 0 Å². The minimum Gasteiger partial charge on any atom is -0.436 e. The summed E-state index contributed by atoms with van der Waals surface area (Å²) in [7, 11) is 0. The summed E-state index contributed by atoms with van der Waals surface area (Å²) in [5, 5.41) is 11.0. The minimum atomic E-state index is 0.236. The fourth-order valence-corrected chi connectivity index (χ4v) is 3.71. The summed E-state index contributed by atoms with van der Waals surface area (Å²) in [6.45, 7) is 4.05. The van der Waals surface area contributed by atoms with Crippen molar-refractivity contribution in [3.8, 4) is 28.5 Å². The van der Waals surface area contributed by atoms with Gasteiger partial charge in [-0.15, -0.1) is 0 Å². The van der Waals surface area contributed by atoms with E-state index in [0.717, 1.165) is 27.8 Å². The van der Waals surface area contributed by atoms with Crippen LogP contribution in [0.3, 0.4) is 0 Å². The van der Waals surface area contributed by atoms with Crippen molar-refractivity contribution in [2.45, 2.75) is 13.8 Å². The number of rotatable bonds is 4. The number of furan rings is 1. The molecule has 1 aromatic heterocycles. The van der Waals surface area contributed by atoms with Crippen LogP contribution in [0.4, 0.5) is 5.88 Å². The summed E-state index contributed by atoms with van der Waals surface area (Å²) in [5.74, 6) is 0.842. The summed E-state index contributed by atoms with van der Waals surface area (Å²) < 4.78 is 6.14. The van der Waals surface area contributed by atoms with Crippen molar-refractivity contribution in [3.05, 3.63) is 99.0 Å². The normalized spacial score (nSPS) is 11.1. The van der Waals surface area contributed by atoms with E-state index in [4.69, 9.17) is 27.6 Å². The van der Waals surface area contributed by atoms with Crippen LogP contribution in [0.5, 0.6) is 0 Å². The molecule has 0 aliphatic heterocycles. The first-order chi connectivity index (χ1) is 15.0. The van der Waals surface area contributed by atoms with E-state index in [-0.39, 0.29) is 5.88 Å². The maximum atomic E-state index is 9.98. The van der Waals surface area contributed by atoms with E-state index in [0.29, 0.717) is 26.9 Å². The first-order valence-corrected chi connectivity index (χ1v) is 10.4. The average Bonchev–Trinajstić information content (AvgIpc) is 3.12. The van der Waals surface area contributed by atoms with Crippen LogP contribution in [-0.4, -0.2) is 6.21 Å². The first kappa shape index (κ1) is 20.9. The zero-order valence-corrected chi connectivity index (χ0v) is 18.5. The Morgan fingerprint density at radius 2 is 1.48 bits per heavy atom. The van der Waals surface area contributed by atoms with Gasteiger partial charge in [0, 0.05) is 27.9 Å². The summed E-state index contributed by atoms with van der Waals surface area (Å²) >= 11 is 12.2. The molecule has 0 saturated heterocycles. The maximum Gasteiger partial charge on any atom is 0.238 e. The number of aliphatic imine (C=N–C) groups is 1. The van der Waals surface area contributed by atoms with Crippen LogP contribution in [0, 0.1) is 25.2 Å². The molecule has 0 saturated carbocycles. The molecule has 5 heteroatoms. The third kappa shape index (κ3) is 4.41. The van der Waals surface area contributed by atoms with Gasteiger partial charge in [0.05, 0.1) is 5.02 Å². The van der Waals surface area contributed by atoms with Crippen molar-refractivity contribution >= 4 is 35.3 Å². The molecule has 0 radical (unpaired) electrons. The number of halogens is 2. The van der Waals surface area contributed by atoms with E-state index in [2.05, 4.69) is 11.1 Å². The number of hydrogen-bond acceptors (Lipinski definition) is 3. The molecule has 0 atom stereocenters. The predicted octanol–water partition coefficient (Wildman–Crippen LogP) is 8.16. The lowest BCUT2D eigenvalue weighted by atomic mass is 9.97. The molecule has 0 spiro atoms. The summed E-state index contributed by atoms with van der Waals surface area (Å²) in [6.07, 6.45) is 1.58. The second-order valence-corrected chi connectivity index (χ2v) is 8.10. The zero-order chi connectivity index (χ0) is 22.0. The van der Waals surface area contributed by atoms with E-state index in [9.17, 15) is 5.26 Å². The highest BCUT2D eigenvalue weighted by atomic mass is 35.5. The lowest BCUT2D eigenvalue weighted by molar-refractivity contribution is 0.593. The first-order valence-electron chi connectivity index (χ1n) is 9.66. The van der Waals surface area contributed by atoms with Crippen LogP contribution in [0.25, 0.3) is 22.5 Å². The molecule has 1 heterocycles. The van der Waals surface area contributed by atoms with Gasteiger partial charge in [-0.2, -0.15) is 5.26 Å². The highest BCUT2D eigenvalue weighted by molar-refractivity contribution is 6.36. The smallest absolute Gasteiger partial charge is 0.238 e. The molecule has 0 fully saturated rings. The molecule has 0 N–H and O–H groups in total. The van der Waals surface area contributed by atoms with Crippen molar-refractivity contribution < 1.29 is 4.42 Å². The van der Waals surface area contributed by atoms with Crippen molar-refractivity contribution in [3.63, 3.8) is 0 Å². The Bertz CT molecular complexity index is 1310. The number of aryl methyl sites for hydroxylation is 2. The minimum absolute atomic E-state index is 0.236. The number of nitrogens with zero attached hydrogens (tertiary/aromatic N) is 2. The maximum absolute atomic E-state index is 9.98. The molecule has 31 heavy (non-hydrogen) atoms. The molecule has 0 bridgehead atoms. The molecule has 3 nitrogen and oxygen atoms in total. The Kier molecular flexibility index (Phi) is 5.95. The van der Waals surface area contributed by atoms with Crippen LogP contribution in [-0.2, 0) is 0 Å². The van der Waals surface area contributed by atoms with E-state index in [1.54, 1.807) is 24.4 Å². The molecule has 152 valence electrons. The van der Waals surface area contributed by atoms with Gasteiger partial charge in [-0.1, -0.05) is 88.9 Å². The Balaban J connectivity index is 1.89. The Hall–Kier alpha value is -3.32. The molecule has 4 rings (SSSR count). The van der Waals surface area contributed by atoms with Gasteiger partial charge in [-0.25, -0.2) is 4.99 Å². The van der Waals surface area contributed by atoms with E-state index >= 15 is 0 Å². The molecule has 0 amide bonds. The Morgan fingerprint density at radius 1 is 0.871 bits per heavy atom. The predicted molar refractivity (Wildman–Crippen MR) is 127 cm³/mol. The largest absolute Gasteiger partial charge is 0.436 e. The number of hydrogen-bond donors (Lipinski definition) is 0. The number of benzene rings is 3. The van der Waals surface area contributed by atoms with Crippen molar-refractivity contribution in [2.75, 3.05) is 0 Å². The highest BCUT2D eigenvalue weighted by Gasteiger charge is 2.22. The number of nitriles is 1. The van der Waals surface area contributed by atoms with Crippen LogP contribution in [0.2, 0.25) is 10.0 Å². The zero-order valence-electron chi connectivity index (χ0n) is 17.0. The standard InChI is InChI=1S/C26H18Cl2N2O/c1-16-3-7-18(8-4-16)24-22(14-29)26(30-15-20-11-12-21(27)13-23(20)28)31-25(24)19-9-5-17(2)6-10-19/h3-13,15H,1-2H3. The average molecular weight is 445 g/mol. The van der Waals surface area contributed by atoms with Gasteiger partial charge in [0.1, 0.15) is 17.4 Å². The Labute approximate surface area is 191 Å². The van der Waals surface area contributed by atoms with Gasteiger partial charge in [0.15, 0.2) is 0 Å². The van der Waals surface area contributed by atoms with E-state index < -0.39 is 0 Å². The van der Waals surface area contributed by atoms with Gasteiger partial charge in [-0.05, 0) is 31.5 Å². The molecule has 3 aromatic carbocycles. The highest BCUT2D eigenvalue weighted by Crippen LogP contribution is 2.42. The van der Waals surface area contributed by atoms with Crippen LogP contribution in [0.1, 0.15) is 22.3 Å². The van der Waals surface area contributed by atoms with Crippen molar-refractivity contribution in [1.82, 2.24) is 0 Å². The van der Waals surface area contributed by atoms with E-state index in [1.807, 2.05) is 62.4 Å². The van der Waals surface area contributed by atoms with E-state index in [1.165, 1.54) is 0 Å². The molecule has 4 aromatic rings. The molecule has 0 unspecified atom stereocenters. The van der Waals surface area contributed by atoms with Crippen LogP contribution in [0.15, 0.2) is 76.1 Å². The van der Waals surface area contributed by atoms with Gasteiger partial charge in [0.25, 0.3) is 0 Å². The fraction of sp³-hybridized carbons (Fsp3) is 0.0769. The molecular weight excluding hydrogens is 427 g/mol. The quantitative estimate of drug-likeness (QED) is 0.298. The third-order valence-corrected chi connectivity index (χ3v) is 5.50. The summed E-state index contributed by atoms with van der Waals surface area (Å²) in [5.41, 5.74) is 5.83. The molecular formula is C26H18Cl2N2O. The van der Waals surface area contributed by atoms with Gasteiger partial charge in [0.2, 0.25) is 5.88 Å². The Morgan fingerprint density at radius 3 is 2.06 bits per heavy atom.